The Morgan fingerprint density at radius 1 is 1.41 bits per heavy atom. The predicted octanol–water partition coefficient (Wildman–Crippen LogP) is 0.118. The molecule has 2 fully saturated rings. The van der Waals surface area contributed by atoms with Crippen LogP contribution in [0.5, 0.6) is 0 Å². The van der Waals surface area contributed by atoms with Crippen molar-refractivity contribution in [1.29, 1.82) is 0 Å². The molecule has 0 saturated carbocycles. The Morgan fingerprint density at radius 2 is 2.41 bits per heavy atom. The van der Waals surface area contributed by atoms with Crippen LogP contribution in [0.25, 0.3) is 0 Å². The van der Waals surface area contributed by atoms with Crippen LogP contribution in [0.15, 0.2) is 6.33 Å². The van der Waals surface area contributed by atoms with Crippen LogP contribution < -0.4 is 5.32 Å². The predicted molar refractivity (Wildman–Crippen MR) is 60.6 cm³/mol. The molecule has 3 rings (SSSR count). The van der Waals surface area contributed by atoms with Crippen LogP contribution in [0, 0.1) is 0 Å². The average molecular weight is 238 g/mol. The highest BCUT2D eigenvalue weighted by atomic mass is 16.5. The van der Waals surface area contributed by atoms with E-state index in [9.17, 15) is 0 Å². The van der Waals surface area contributed by atoms with Crippen LogP contribution in [0.1, 0.15) is 24.8 Å². The quantitative estimate of drug-likeness (QED) is 0.810. The minimum absolute atomic E-state index is 0.0210. The molecule has 0 aliphatic carbocycles. The number of hydrogen-bond donors (Lipinski definition) is 1. The van der Waals surface area contributed by atoms with Crippen molar-refractivity contribution in [2.75, 3.05) is 26.3 Å². The summed E-state index contributed by atoms with van der Waals surface area (Å²) in [6.07, 6.45) is 4.38. The van der Waals surface area contributed by atoms with Crippen molar-refractivity contribution in [3.8, 4) is 0 Å². The Morgan fingerprint density at radius 3 is 3.18 bits per heavy atom. The molecule has 2 aliphatic rings. The molecule has 0 spiro atoms. The van der Waals surface area contributed by atoms with Gasteiger partial charge in [0.1, 0.15) is 12.4 Å². The highest BCUT2D eigenvalue weighted by Gasteiger charge is 2.23. The van der Waals surface area contributed by atoms with E-state index in [1.807, 2.05) is 0 Å². The molecule has 0 radical (unpaired) electrons. The molecule has 0 aromatic carbocycles. The van der Waals surface area contributed by atoms with Gasteiger partial charge in [-0.05, 0) is 12.8 Å². The summed E-state index contributed by atoms with van der Waals surface area (Å²) in [6, 6.07) is 0. The maximum Gasteiger partial charge on any atom is 0.163 e. The normalized spacial score (nSPS) is 29.6. The van der Waals surface area contributed by atoms with Gasteiger partial charge in [0.25, 0.3) is 0 Å². The number of aromatic nitrogens is 3. The maximum absolute atomic E-state index is 5.70. The molecule has 1 aromatic heterocycles. The zero-order valence-corrected chi connectivity index (χ0v) is 9.84. The zero-order valence-electron chi connectivity index (χ0n) is 9.84. The Labute approximate surface area is 100 Å². The van der Waals surface area contributed by atoms with Gasteiger partial charge < -0.3 is 19.4 Å². The summed E-state index contributed by atoms with van der Waals surface area (Å²) in [5.74, 6) is 0.910. The number of morpholine rings is 1. The number of ether oxygens (including phenoxy) is 2. The van der Waals surface area contributed by atoms with Gasteiger partial charge in [0.05, 0.1) is 19.3 Å². The average Bonchev–Trinajstić information content (AvgIpc) is 3.02. The summed E-state index contributed by atoms with van der Waals surface area (Å²) in [7, 11) is 0. The van der Waals surface area contributed by atoms with Crippen LogP contribution >= 0.6 is 0 Å². The number of nitrogens with zero attached hydrogens (tertiary/aromatic N) is 3. The first-order chi connectivity index (χ1) is 8.43. The second kappa shape index (κ2) is 5.12. The van der Waals surface area contributed by atoms with E-state index < -0.39 is 0 Å². The number of rotatable bonds is 3. The standard InChI is InChI=1S/C11H18N4O2/c1-2-9(16-4-1)7-15-8-13-14-11(15)10-6-12-3-5-17-10/h8-10,12H,1-7H2. The molecule has 1 aromatic rings. The smallest absolute Gasteiger partial charge is 0.163 e. The highest BCUT2D eigenvalue weighted by molar-refractivity contribution is 4.95. The van der Waals surface area contributed by atoms with Gasteiger partial charge in [-0.3, -0.25) is 0 Å². The topological polar surface area (TPSA) is 61.2 Å². The van der Waals surface area contributed by atoms with E-state index in [4.69, 9.17) is 9.47 Å². The van der Waals surface area contributed by atoms with Gasteiger partial charge >= 0.3 is 0 Å². The Kier molecular flexibility index (Phi) is 3.35. The van der Waals surface area contributed by atoms with Crippen molar-refractivity contribution in [2.24, 2.45) is 0 Å². The van der Waals surface area contributed by atoms with Crippen molar-refractivity contribution in [3.63, 3.8) is 0 Å². The third-order valence-corrected chi connectivity index (χ3v) is 3.29. The van der Waals surface area contributed by atoms with Gasteiger partial charge in [-0.25, -0.2) is 0 Å². The van der Waals surface area contributed by atoms with E-state index in [1.165, 1.54) is 0 Å². The lowest BCUT2D eigenvalue weighted by atomic mass is 10.2. The molecular weight excluding hydrogens is 220 g/mol. The van der Waals surface area contributed by atoms with Crippen LogP contribution in [0.4, 0.5) is 0 Å². The van der Waals surface area contributed by atoms with Gasteiger partial charge in [-0.15, -0.1) is 10.2 Å². The Bertz CT molecular complexity index is 356. The molecule has 6 nitrogen and oxygen atoms in total. The zero-order chi connectivity index (χ0) is 11.5. The summed E-state index contributed by atoms with van der Waals surface area (Å²) in [5.41, 5.74) is 0. The van der Waals surface area contributed by atoms with E-state index in [2.05, 4.69) is 20.1 Å². The second-order valence-electron chi connectivity index (χ2n) is 4.54. The first-order valence-corrected chi connectivity index (χ1v) is 6.25. The molecule has 2 unspecified atom stereocenters. The molecule has 2 atom stereocenters. The van der Waals surface area contributed by atoms with Crippen LogP contribution in [0.3, 0.4) is 0 Å². The first-order valence-electron chi connectivity index (χ1n) is 6.25. The highest BCUT2D eigenvalue weighted by Crippen LogP contribution is 2.19. The lowest BCUT2D eigenvalue weighted by Gasteiger charge is -2.23. The molecule has 2 aliphatic heterocycles. The summed E-state index contributed by atoms with van der Waals surface area (Å²) in [5, 5.41) is 11.5. The SMILES string of the molecule is c1nnc(C2CNCCO2)n1CC1CCCO1. The number of nitrogens with one attached hydrogen (secondary N) is 1. The molecule has 17 heavy (non-hydrogen) atoms. The maximum atomic E-state index is 5.70. The van der Waals surface area contributed by atoms with Crippen molar-refractivity contribution in [1.82, 2.24) is 20.1 Å². The third kappa shape index (κ3) is 2.48. The van der Waals surface area contributed by atoms with Gasteiger partial charge in [0, 0.05) is 19.7 Å². The van der Waals surface area contributed by atoms with E-state index in [0.717, 1.165) is 51.5 Å². The van der Waals surface area contributed by atoms with Gasteiger partial charge in [-0.1, -0.05) is 0 Å². The van der Waals surface area contributed by atoms with Crippen molar-refractivity contribution in [2.45, 2.75) is 31.6 Å². The molecular formula is C11H18N4O2. The van der Waals surface area contributed by atoms with E-state index >= 15 is 0 Å². The molecule has 6 heteroatoms. The van der Waals surface area contributed by atoms with Crippen molar-refractivity contribution < 1.29 is 9.47 Å². The second-order valence-corrected chi connectivity index (χ2v) is 4.54. The minimum Gasteiger partial charge on any atom is -0.376 e. The van der Waals surface area contributed by atoms with Crippen LogP contribution in [0.2, 0.25) is 0 Å². The van der Waals surface area contributed by atoms with Crippen molar-refractivity contribution >= 4 is 0 Å². The Balaban J connectivity index is 1.69. The fraction of sp³-hybridized carbons (Fsp3) is 0.818. The minimum atomic E-state index is 0.0210. The Hall–Kier alpha value is -0.980. The number of hydrogen-bond acceptors (Lipinski definition) is 5. The van der Waals surface area contributed by atoms with Gasteiger partial charge in [0.15, 0.2) is 5.82 Å². The summed E-state index contributed by atoms with van der Waals surface area (Å²) >= 11 is 0. The van der Waals surface area contributed by atoms with E-state index in [0.29, 0.717) is 6.10 Å². The molecule has 2 saturated heterocycles. The monoisotopic (exact) mass is 238 g/mol. The largest absolute Gasteiger partial charge is 0.376 e. The van der Waals surface area contributed by atoms with Crippen LogP contribution in [-0.4, -0.2) is 47.2 Å². The fourth-order valence-corrected chi connectivity index (χ4v) is 2.39. The molecule has 94 valence electrons. The van der Waals surface area contributed by atoms with E-state index in [1.54, 1.807) is 6.33 Å². The lowest BCUT2D eigenvalue weighted by Crippen LogP contribution is -2.35. The lowest BCUT2D eigenvalue weighted by molar-refractivity contribution is 0.0175. The molecule has 0 bridgehead atoms. The third-order valence-electron chi connectivity index (χ3n) is 3.29. The molecule has 1 N–H and O–H groups in total. The van der Waals surface area contributed by atoms with Crippen molar-refractivity contribution in [3.05, 3.63) is 12.2 Å². The van der Waals surface area contributed by atoms with Crippen LogP contribution in [-0.2, 0) is 16.0 Å². The first kappa shape index (κ1) is 11.1. The van der Waals surface area contributed by atoms with E-state index in [-0.39, 0.29) is 6.10 Å². The summed E-state index contributed by atoms with van der Waals surface area (Å²) in [6.45, 7) is 4.17. The molecule has 3 heterocycles. The van der Waals surface area contributed by atoms with Gasteiger partial charge in [0.2, 0.25) is 0 Å². The summed E-state index contributed by atoms with van der Waals surface area (Å²) in [4.78, 5) is 0. The molecule has 0 amide bonds. The summed E-state index contributed by atoms with van der Waals surface area (Å²) < 4.78 is 13.4. The van der Waals surface area contributed by atoms with Gasteiger partial charge in [-0.2, -0.15) is 0 Å². The fourth-order valence-electron chi connectivity index (χ4n) is 2.39.